The highest BCUT2D eigenvalue weighted by Crippen LogP contribution is 2.11. The van der Waals surface area contributed by atoms with Gasteiger partial charge in [-0.05, 0) is 37.6 Å². The van der Waals surface area contributed by atoms with Crippen molar-refractivity contribution in [3.8, 4) is 5.75 Å². The molecular weight excluding hydrogens is 244 g/mol. The maximum atomic E-state index is 11.7. The molecule has 0 fully saturated rings. The Morgan fingerprint density at radius 1 is 1.11 bits per heavy atom. The zero-order valence-electron chi connectivity index (χ0n) is 11.4. The lowest BCUT2D eigenvalue weighted by atomic mass is 10.2. The Hall–Kier alpha value is -2.04. The zero-order chi connectivity index (χ0) is 14.1. The minimum atomic E-state index is -0.340. The molecule has 1 aromatic carbocycles. The van der Waals surface area contributed by atoms with Crippen molar-refractivity contribution >= 4 is 11.8 Å². The van der Waals surface area contributed by atoms with Crippen LogP contribution >= 0.6 is 0 Å². The van der Waals surface area contributed by atoms with Crippen molar-refractivity contribution in [2.24, 2.45) is 0 Å². The normalized spacial score (nSPS) is 9.79. The Morgan fingerprint density at radius 3 is 2.37 bits per heavy atom. The average Bonchev–Trinajstić information content (AvgIpc) is 2.43. The second-order valence-corrected chi connectivity index (χ2v) is 4.06. The monoisotopic (exact) mass is 264 g/mol. The summed E-state index contributed by atoms with van der Waals surface area (Å²) >= 11 is 0. The topological polar surface area (TPSA) is 67.4 Å². The highest BCUT2D eigenvalue weighted by atomic mass is 16.5. The number of hydrogen-bond acceptors (Lipinski definition) is 3. The van der Waals surface area contributed by atoms with Crippen LogP contribution in [0.3, 0.4) is 0 Å². The first-order valence-corrected chi connectivity index (χ1v) is 6.49. The van der Waals surface area contributed by atoms with E-state index in [1.165, 1.54) is 0 Å². The summed E-state index contributed by atoms with van der Waals surface area (Å²) in [5, 5.41) is 0. The summed E-state index contributed by atoms with van der Waals surface area (Å²) in [7, 11) is 0. The minimum absolute atomic E-state index is 0.180. The van der Waals surface area contributed by atoms with Crippen LogP contribution in [0.15, 0.2) is 24.3 Å². The van der Waals surface area contributed by atoms with Crippen LogP contribution in [0.5, 0.6) is 5.75 Å². The number of nitrogens with one attached hydrogen (secondary N) is 2. The fraction of sp³-hybridized carbons (Fsp3) is 0.429. The lowest BCUT2D eigenvalue weighted by Gasteiger charge is -2.08. The molecule has 5 heteroatoms. The lowest BCUT2D eigenvalue weighted by Crippen LogP contribution is -2.41. The molecule has 0 aromatic heterocycles. The number of benzene rings is 1. The quantitative estimate of drug-likeness (QED) is 0.773. The van der Waals surface area contributed by atoms with E-state index < -0.39 is 0 Å². The number of carbonyl (C=O) groups excluding carboxylic acids is 2. The molecule has 2 N–H and O–H groups in total. The van der Waals surface area contributed by atoms with E-state index in [9.17, 15) is 9.59 Å². The van der Waals surface area contributed by atoms with Gasteiger partial charge in [-0.2, -0.15) is 0 Å². The van der Waals surface area contributed by atoms with Gasteiger partial charge in [0, 0.05) is 12.0 Å². The molecular formula is C14H20N2O3. The molecule has 0 aliphatic carbocycles. The van der Waals surface area contributed by atoms with Gasteiger partial charge in [-0.1, -0.05) is 13.3 Å². The molecule has 5 nitrogen and oxygen atoms in total. The van der Waals surface area contributed by atoms with Gasteiger partial charge in [-0.15, -0.1) is 0 Å². The van der Waals surface area contributed by atoms with E-state index in [1.807, 2.05) is 13.8 Å². The average molecular weight is 264 g/mol. The molecule has 0 atom stereocenters. The van der Waals surface area contributed by atoms with E-state index in [-0.39, 0.29) is 11.8 Å². The number of hydrazine groups is 1. The summed E-state index contributed by atoms with van der Waals surface area (Å²) in [5.74, 6) is 0.195. The summed E-state index contributed by atoms with van der Waals surface area (Å²) in [4.78, 5) is 23.1. The predicted octanol–water partition coefficient (Wildman–Crippen LogP) is 2.04. The van der Waals surface area contributed by atoms with Crippen molar-refractivity contribution in [3.05, 3.63) is 29.8 Å². The maximum Gasteiger partial charge on any atom is 0.269 e. The highest BCUT2D eigenvalue weighted by Gasteiger charge is 2.07. The predicted molar refractivity (Wildman–Crippen MR) is 72.7 cm³/mol. The molecule has 19 heavy (non-hydrogen) atoms. The number of hydrogen-bond donors (Lipinski definition) is 2. The molecule has 0 bridgehead atoms. The van der Waals surface area contributed by atoms with Crippen LogP contribution in [-0.4, -0.2) is 18.4 Å². The summed E-state index contributed by atoms with van der Waals surface area (Å²) in [6.07, 6.45) is 2.17. The first-order valence-electron chi connectivity index (χ1n) is 6.49. The van der Waals surface area contributed by atoms with E-state index in [4.69, 9.17) is 4.74 Å². The van der Waals surface area contributed by atoms with Crippen LogP contribution in [0.4, 0.5) is 0 Å². The Kier molecular flexibility index (Phi) is 6.43. The van der Waals surface area contributed by atoms with Crippen molar-refractivity contribution in [1.29, 1.82) is 0 Å². The van der Waals surface area contributed by atoms with Gasteiger partial charge < -0.3 is 4.74 Å². The molecule has 0 saturated heterocycles. The molecule has 0 saturated carbocycles. The van der Waals surface area contributed by atoms with E-state index >= 15 is 0 Å². The first-order chi connectivity index (χ1) is 9.17. The van der Waals surface area contributed by atoms with Crippen molar-refractivity contribution in [3.63, 3.8) is 0 Å². The number of rotatable bonds is 6. The van der Waals surface area contributed by atoms with E-state index in [1.54, 1.807) is 24.3 Å². The second kappa shape index (κ2) is 8.13. The third kappa shape index (κ3) is 5.42. The Labute approximate surface area is 113 Å². The highest BCUT2D eigenvalue weighted by molar-refractivity contribution is 5.95. The molecule has 0 radical (unpaired) electrons. The Bertz CT molecular complexity index is 415. The van der Waals surface area contributed by atoms with Gasteiger partial charge in [-0.25, -0.2) is 0 Å². The number of amides is 2. The molecule has 1 aromatic rings. The van der Waals surface area contributed by atoms with E-state index in [0.29, 0.717) is 24.3 Å². The van der Waals surface area contributed by atoms with Crippen molar-refractivity contribution in [1.82, 2.24) is 10.9 Å². The van der Waals surface area contributed by atoms with Crippen molar-refractivity contribution in [2.75, 3.05) is 6.61 Å². The largest absolute Gasteiger partial charge is 0.494 e. The molecule has 0 aliphatic heterocycles. The van der Waals surface area contributed by atoms with Crippen LogP contribution in [-0.2, 0) is 4.79 Å². The first kappa shape index (κ1) is 15.0. The molecule has 2 amide bonds. The fourth-order valence-corrected chi connectivity index (χ4v) is 1.47. The third-order valence-electron chi connectivity index (χ3n) is 2.50. The summed E-state index contributed by atoms with van der Waals surface area (Å²) in [5.41, 5.74) is 5.24. The van der Waals surface area contributed by atoms with Crippen LogP contribution in [0.25, 0.3) is 0 Å². The standard InChI is InChI=1S/C14H20N2O3/c1-3-5-6-13(17)15-16-14(18)11-7-9-12(10-8-11)19-4-2/h7-10H,3-6H2,1-2H3,(H,15,17)(H,16,18). The lowest BCUT2D eigenvalue weighted by molar-refractivity contribution is -0.121. The van der Waals surface area contributed by atoms with Gasteiger partial charge >= 0.3 is 0 Å². The zero-order valence-corrected chi connectivity index (χ0v) is 11.4. The van der Waals surface area contributed by atoms with E-state index in [0.717, 1.165) is 12.8 Å². The number of carbonyl (C=O) groups is 2. The van der Waals surface area contributed by atoms with Crippen LogP contribution in [0, 0.1) is 0 Å². The van der Waals surface area contributed by atoms with Gasteiger partial charge in [-0.3, -0.25) is 20.4 Å². The Balaban J connectivity index is 2.42. The molecule has 1 rings (SSSR count). The van der Waals surface area contributed by atoms with Gasteiger partial charge in [0.05, 0.1) is 6.61 Å². The molecule has 0 aliphatic rings. The van der Waals surface area contributed by atoms with Crippen LogP contribution < -0.4 is 15.6 Å². The van der Waals surface area contributed by atoms with Gasteiger partial charge in [0.15, 0.2) is 0 Å². The minimum Gasteiger partial charge on any atom is -0.494 e. The molecule has 0 unspecified atom stereocenters. The van der Waals surface area contributed by atoms with Crippen molar-refractivity contribution in [2.45, 2.75) is 33.1 Å². The van der Waals surface area contributed by atoms with Gasteiger partial charge in [0.1, 0.15) is 5.75 Å². The summed E-state index contributed by atoms with van der Waals surface area (Å²) in [6, 6.07) is 6.74. The summed E-state index contributed by atoms with van der Waals surface area (Å²) < 4.78 is 5.28. The SMILES string of the molecule is CCCCC(=O)NNC(=O)c1ccc(OCC)cc1. The third-order valence-corrected chi connectivity index (χ3v) is 2.50. The molecule has 0 spiro atoms. The fourth-order valence-electron chi connectivity index (χ4n) is 1.47. The second-order valence-electron chi connectivity index (χ2n) is 4.06. The summed E-state index contributed by atoms with van der Waals surface area (Å²) in [6.45, 7) is 4.48. The molecule has 104 valence electrons. The maximum absolute atomic E-state index is 11.7. The van der Waals surface area contributed by atoms with Crippen LogP contribution in [0.2, 0.25) is 0 Å². The van der Waals surface area contributed by atoms with Crippen molar-refractivity contribution < 1.29 is 14.3 Å². The number of ether oxygens (including phenoxy) is 1. The molecule has 0 heterocycles. The van der Waals surface area contributed by atoms with Gasteiger partial charge in [0.25, 0.3) is 5.91 Å². The van der Waals surface area contributed by atoms with E-state index in [2.05, 4.69) is 10.9 Å². The van der Waals surface area contributed by atoms with Crippen LogP contribution in [0.1, 0.15) is 43.5 Å². The smallest absolute Gasteiger partial charge is 0.269 e. The number of unbranched alkanes of at least 4 members (excludes halogenated alkanes) is 1. The van der Waals surface area contributed by atoms with Gasteiger partial charge in [0.2, 0.25) is 5.91 Å². The Morgan fingerprint density at radius 2 is 1.79 bits per heavy atom.